The molecule has 3 rings (SSSR count). The number of guanidine groups is 1. The fourth-order valence-corrected chi connectivity index (χ4v) is 2.95. The number of aliphatic imine (C=N–C) groups is 1. The van der Waals surface area contributed by atoms with Gasteiger partial charge in [-0.3, -0.25) is 10.00 Å². The first kappa shape index (κ1) is 20.3. The average molecular weight is 391 g/mol. The van der Waals surface area contributed by atoms with E-state index in [2.05, 4.69) is 35.7 Å². The fraction of sp³-hybridized carbons (Fsp3) is 0.611. The number of furan rings is 1. The minimum atomic E-state index is -0.883. The number of aliphatic hydroxyl groups is 1. The van der Waals surface area contributed by atoms with Gasteiger partial charge in [0, 0.05) is 32.7 Å². The number of β-amino-alcohol motifs (C(OH)–C–C–N with tert-alkyl or cyclic N) is 1. The molecule has 1 unspecified atom stereocenters. The fourth-order valence-electron chi connectivity index (χ4n) is 2.95. The maximum absolute atomic E-state index is 10.7. The number of morpholine rings is 1. The Morgan fingerprint density at radius 2 is 2.21 bits per heavy atom. The van der Waals surface area contributed by atoms with Crippen LogP contribution in [0.3, 0.4) is 0 Å². The Balaban J connectivity index is 1.53. The first-order valence-electron chi connectivity index (χ1n) is 9.55. The average Bonchev–Trinajstić information content (AvgIpc) is 3.36. The number of hydrogen-bond acceptors (Lipinski definition) is 7. The van der Waals surface area contributed by atoms with Crippen LogP contribution in [0.2, 0.25) is 0 Å². The minimum Gasteiger partial charge on any atom is -0.461 e. The van der Waals surface area contributed by atoms with Gasteiger partial charge in [-0.25, -0.2) is 9.98 Å². The van der Waals surface area contributed by atoms with E-state index in [-0.39, 0.29) is 0 Å². The number of nitrogens with zero attached hydrogens (tertiary/aromatic N) is 4. The van der Waals surface area contributed by atoms with Crippen LogP contribution in [0.4, 0.5) is 0 Å². The molecule has 10 heteroatoms. The van der Waals surface area contributed by atoms with Gasteiger partial charge in [0.1, 0.15) is 12.4 Å². The van der Waals surface area contributed by atoms with Crippen molar-refractivity contribution in [2.45, 2.75) is 26.0 Å². The van der Waals surface area contributed by atoms with E-state index in [1.807, 2.05) is 13.8 Å². The molecule has 0 aliphatic carbocycles. The van der Waals surface area contributed by atoms with Crippen molar-refractivity contribution in [1.82, 2.24) is 30.7 Å². The van der Waals surface area contributed by atoms with Gasteiger partial charge in [0.25, 0.3) is 0 Å². The quantitative estimate of drug-likeness (QED) is 0.372. The molecule has 1 saturated heterocycles. The summed E-state index contributed by atoms with van der Waals surface area (Å²) in [5.74, 6) is 2.35. The van der Waals surface area contributed by atoms with Gasteiger partial charge in [0.2, 0.25) is 5.82 Å². The summed E-state index contributed by atoms with van der Waals surface area (Å²) in [6.45, 7) is 8.93. The normalized spacial score (nSPS) is 18.0. The van der Waals surface area contributed by atoms with Crippen molar-refractivity contribution in [2.24, 2.45) is 4.99 Å². The Labute approximate surface area is 164 Å². The van der Waals surface area contributed by atoms with Crippen LogP contribution in [0.25, 0.3) is 11.6 Å². The van der Waals surface area contributed by atoms with Gasteiger partial charge in [-0.15, -0.1) is 5.10 Å². The van der Waals surface area contributed by atoms with Crippen LogP contribution in [0.1, 0.15) is 19.7 Å². The summed E-state index contributed by atoms with van der Waals surface area (Å²) in [6, 6.07) is 3.60. The molecule has 154 valence electrons. The molecule has 0 bridgehead atoms. The second kappa shape index (κ2) is 9.67. The second-order valence-corrected chi connectivity index (χ2v) is 7.02. The lowest BCUT2D eigenvalue weighted by Gasteiger charge is -2.34. The summed E-state index contributed by atoms with van der Waals surface area (Å²) < 4.78 is 10.6. The van der Waals surface area contributed by atoms with E-state index >= 15 is 0 Å². The standard InChI is InChI=1S/C18H29N7O3/c1-3-19-17(21-12-18(2,26)13-25-6-9-27-10-7-25)20-11-15-22-16(24-23-15)14-5-4-8-28-14/h4-5,8,26H,3,6-7,9-13H2,1-2H3,(H2,19,20,21)(H,22,23,24). The van der Waals surface area contributed by atoms with Gasteiger partial charge in [0.05, 0.1) is 25.1 Å². The smallest absolute Gasteiger partial charge is 0.216 e. The van der Waals surface area contributed by atoms with Gasteiger partial charge in [-0.05, 0) is 26.0 Å². The van der Waals surface area contributed by atoms with E-state index in [0.717, 1.165) is 13.1 Å². The molecular weight excluding hydrogens is 362 g/mol. The van der Waals surface area contributed by atoms with E-state index in [0.29, 0.717) is 62.8 Å². The zero-order valence-corrected chi connectivity index (χ0v) is 16.4. The second-order valence-electron chi connectivity index (χ2n) is 7.02. The molecule has 0 saturated carbocycles. The molecule has 1 aliphatic heterocycles. The van der Waals surface area contributed by atoms with Crippen molar-refractivity contribution in [2.75, 3.05) is 45.9 Å². The molecule has 10 nitrogen and oxygen atoms in total. The summed E-state index contributed by atoms with van der Waals surface area (Å²) in [6.07, 6.45) is 1.58. The van der Waals surface area contributed by atoms with Crippen molar-refractivity contribution in [3.8, 4) is 11.6 Å². The lowest BCUT2D eigenvalue weighted by Crippen LogP contribution is -2.52. The van der Waals surface area contributed by atoms with E-state index < -0.39 is 5.60 Å². The highest BCUT2D eigenvalue weighted by atomic mass is 16.5. The van der Waals surface area contributed by atoms with Gasteiger partial charge in [0.15, 0.2) is 11.7 Å². The Morgan fingerprint density at radius 1 is 1.39 bits per heavy atom. The molecule has 1 aliphatic rings. The maximum Gasteiger partial charge on any atom is 0.216 e. The molecule has 1 fully saturated rings. The van der Waals surface area contributed by atoms with Gasteiger partial charge < -0.3 is 24.9 Å². The van der Waals surface area contributed by atoms with Crippen molar-refractivity contribution >= 4 is 5.96 Å². The predicted molar refractivity (Wildman–Crippen MR) is 105 cm³/mol. The van der Waals surface area contributed by atoms with Crippen molar-refractivity contribution in [1.29, 1.82) is 0 Å². The first-order chi connectivity index (χ1) is 13.6. The van der Waals surface area contributed by atoms with E-state index in [9.17, 15) is 5.11 Å². The third kappa shape index (κ3) is 6.04. The highest BCUT2D eigenvalue weighted by Crippen LogP contribution is 2.14. The summed E-state index contributed by atoms with van der Waals surface area (Å²) in [5.41, 5.74) is -0.883. The summed E-state index contributed by atoms with van der Waals surface area (Å²) in [4.78, 5) is 11.1. The molecule has 0 spiro atoms. The topological polar surface area (TPSA) is 124 Å². The highest BCUT2D eigenvalue weighted by molar-refractivity contribution is 5.79. The SMILES string of the molecule is CCNC(=NCc1nc(-c2ccco2)n[nH]1)NCC(C)(O)CN1CCOCC1. The molecule has 28 heavy (non-hydrogen) atoms. The Morgan fingerprint density at radius 3 is 2.93 bits per heavy atom. The molecule has 2 aromatic heterocycles. The third-order valence-corrected chi connectivity index (χ3v) is 4.31. The highest BCUT2D eigenvalue weighted by Gasteiger charge is 2.25. The number of ether oxygens (including phenoxy) is 1. The Bertz CT molecular complexity index is 736. The minimum absolute atomic E-state index is 0.328. The molecule has 1 atom stereocenters. The van der Waals surface area contributed by atoms with E-state index in [4.69, 9.17) is 9.15 Å². The monoisotopic (exact) mass is 391 g/mol. The number of H-pyrrole nitrogens is 1. The molecule has 4 N–H and O–H groups in total. The lowest BCUT2D eigenvalue weighted by atomic mass is 10.1. The van der Waals surface area contributed by atoms with Crippen LogP contribution in [-0.4, -0.2) is 82.7 Å². The molecule has 0 amide bonds. The zero-order valence-electron chi connectivity index (χ0n) is 16.4. The van der Waals surface area contributed by atoms with Gasteiger partial charge >= 0.3 is 0 Å². The number of rotatable bonds is 8. The van der Waals surface area contributed by atoms with Crippen LogP contribution in [0, 0.1) is 0 Å². The first-order valence-corrected chi connectivity index (χ1v) is 9.55. The van der Waals surface area contributed by atoms with Crippen LogP contribution in [0.5, 0.6) is 0 Å². The number of hydrogen-bond donors (Lipinski definition) is 4. The Hall–Kier alpha value is -2.43. The van der Waals surface area contributed by atoms with Crippen LogP contribution >= 0.6 is 0 Å². The Kier molecular flexibility index (Phi) is 7.01. The molecule has 3 heterocycles. The lowest BCUT2D eigenvalue weighted by molar-refractivity contribution is -0.0201. The van der Waals surface area contributed by atoms with Crippen LogP contribution < -0.4 is 10.6 Å². The summed E-state index contributed by atoms with van der Waals surface area (Å²) in [5, 5.41) is 24.1. The summed E-state index contributed by atoms with van der Waals surface area (Å²) in [7, 11) is 0. The maximum atomic E-state index is 10.7. The van der Waals surface area contributed by atoms with Crippen molar-refractivity contribution < 1.29 is 14.3 Å². The zero-order chi connectivity index (χ0) is 19.8. The molecule has 0 radical (unpaired) electrons. The van der Waals surface area contributed by atoms with E-state index in [1.54, 1.807) is 18.4 Å². The number of aromatic nitrogens is 3. The largest absolute Gasteiger partial charge is 0.461 e. The van der Waals surface area contributed by atoms with Gasteiger partial charge in [-0.2, -0.15) is 0 Å². The molecule has 0 aromatic carbocycles. The van der Waals surface area contributed by atoms with E-state index in [1.165, 1.54) is 0 Å². The number of aromatic amines is 1. The molecule has 2 aromatic rings. The van der Waals surface area contributed by atoms with Crippen LogP contribution in [-0.2, 0) is 11.3 Å². The van der Waals surface area contributed by atoms with Gasteiger partial charge in [-0.1, -0.05) is 0 Å². The van der Waals surface area contributed by atoms with Crippen LogP contribution in [0.15, 0.2) is 27.8 Å². The summed E-state index contributed by atoms with van der Waals surface area (Å²) >= 11 is 0. The predicted octanol–water partition coefficient (Wildman–Crippen LogP) is 0.203. The molecular formula is C18H29N7O3. The third-order valence-electron chi connectivity index (χ3n) is 4.31. The van der Waals surface area contributed by atoms with Crippen molar-refractivity contribution in [3.63, 3.8) is 0 Å². The van der Waals surface area contributed by atoms with Crippen molar-refractivity contribution in [3.05, 3.63) is 24.2 Å². The number of nitrogens with one attached hydrogen (secondary N) is 3.